The van der Waals surface area contributed by atoms with Gasteiger partial charge in [0.2, 0.25) is 0 Å². The summed E-state index contributed by atoms with van der Waals surface area (Å²) < 4.78 is 0. The summed E-state index contributed by atoms with van der Waals surface area (Å²) in [5, 5.41) is 4.86. The number of hydrogen-bond acceptors (Lipinski definition) is 3. The molecule has 2 amide bonds. The zero-order chi connectivity index (χ0) is 13.7. The van der Waals surface area contributed by atoms with Crippen LogP contribution in [0.25, 0.3) is 0 Å². The average Bonchev–Trinajstić information content (AvgIpc) is 2.31. The van der Waals surface area contributed by atoms with E-state index in [0.29, 0.717) is 5.69 Å². The standard InChI is InChI=1S/C12H15N3O2S/c1-7-4-3-5-9(8(7)2)15-12(17)11(16)14-6-10(13)18/h3-5H,6H2,1-2H3,(H2,13,18)(H,14,16)(H,15,17). The minimum absolute atomic E-state index is 0.00832. The maximum absolute atomic E-state index is 11.6. The number of thiocarbonyl (C=S) groups is 1. The number of rotatable bonds is 3. The Hall–Kier alpha value is -1.95. The molecule has 1 aromatic carbocycles. The van der Waals surface area contributed by atoms with E-state index >= 15 is 0 Å². The first kappa shape index (κ1) is 14.1. The van der Waals surface area contributed by atoms with Crippen LogP contribution in [0.3, 0.4) is 0 Å². The molecule has 0 saturated carbocycles. The highest BCUT2D eigenvalue weighted by Crippen LogP contribution is 2.17. The first-order valence-electron chi connectivity index (χ1n) is 5.35. The van der Waals surface area contributed by atoms with Crippen LogP contribution in [0.15, 0.2) is 18.2 Å². The first-order valence-corrected chi connectivity index (χ1v) is 5.76. The third-order valence-corrected chi connectivity index (χ3v) is 2.63. The second-order valence-electron chi connectivity index (χ2n) is 3.85. The lowest BCUT2D eigenvalue weighted by atomic mass is 10.1. The average molecular weight is 265 g/mol. The molecule has 18 heavy (non-hydrogen) atoms. The van der Waals surface area contributed by atoms with Crippen molar-refractivity contribution < 1.29 is 9.59 Å². The van der Waals surface area contributed by atoms with Crippen LogP contribution in [0.4, 0.5) is 5.69 Å². The summed E-state index contributed by atoms with van der Waals surface area (Å²) in [5.41, 5.74) is 7.80. The Morgan fingerprint density at radius 2 is 1.94 bits per heavy atom. The van der Waals surface area contributed by atoms with Gasteiger partial charge in [0, 0.05) is 5.69 Å². The van der Waals surface area contributed by atoms with Crippen molar-refractivity contribution in [3.63, 3.8) is 0 Å². The summed E-state index contributed by atoms with van der Waals surface area (Å²) in [5.74, 6) is -1.50. The summed E-state index contributed by atoms with van der Waals surface area (Å²) in [6.07, 6.45) is 0. The Morgan fingerprint density at radius 3 is 2.56 bits per heavy atom. The van der Waals surface area contributed by atoms with E-state index in [4.69, 9.17) is 5.73 Å². The third kappa shape index (κ3) is 3.81. The highest BCUT2D eigenvalue weighted by atomic mass is 32.1. The molecule has 0 radical (unpaired) electrons. The molecule has 0 aliphatic heterocycles. The van der Waals surface area contributed by atoms with E-state index in [1.165, 1.54) is 0 Å². The Labute approximate surface area is 111 Å². The smallest absolute Gasteiger partial charge is 0.313 e. The number of amides is 2. The van der Waals surface area contributed by atoms with E-state index in [1.807, 2.05) is 26.0 Å². The maximum Gasteiger partial charge on any atom is 0.313 e. The minimum atomic E-state index is -0.760. The number of nitrogens with two attached hydrogens (primary N) is 1. The molecule has 4 N–H and O–H groups in total. The molecule has 1 aromatic rings. The zero-order valence-corrected chi connectivity index (χ0v) is 11.1. The van der Waals surface area contributed by atoms with Crippen molar-refractivity contribution in [3.8, 4) is 0 Å². The number of carbonyl (C=O) groups is 2. The summed E-state index contributed by atoms with van der Waals surface area (Å²) in [6, 6.07) is 5.48. The lowest BCUT2D eigenvalue weighted by Crippen LogP contribution is -2.39. The van der Waals surface area contributed by atoms with Crippen molar-refractivity contribution in [2.45, 2.75) is 13.8 Å². The predicted molar refractivity (Wildman–Crippen MR) is 74.3 cm³/mol. The number of benzene rings is 1. The van der Waals surface area contributed by atoms with Gasteiger partial charge in [-0.3, -0.25) is 9.59 Å². The molecule has 0 spiro atoms. The summed E-state index contributed by atoms with van der Waals surface area (Å²) in [6.45, 7) is 3.81. The lowest BCUT2D eigenvalue weighted by molar-refractivity contribution is -0.135. The molecule has 1 rings (SSSR count). The second kappa shape index (κ2) is 6.11. The van der Waals surface area contributed by atoms with Gasteiger partial charge < -0.3 is 16.4 Å². The van der Waals surface area contributed by atoms with Crippen molar-refractivity contribution in [3.05, 3.63) is 29.3 Å². The van der Waals surface area contributed by atoms with Gasteiger partial charge in [0.25, 0.3) is 0 Å². The quantitative estimate of drug-likeness (QED) is 0.553. The van der Waals surface area contributed by atoms with Crippen LogP contribution in [0.2, 0.25) is 0 Å². The molecule has 0 aliphatic carbocycles. The molecule has 6 heteroatoms. The molecular weight excluding hydrogens is 250 g/mol. The summed E-state index contributed by atoms with van der Waals surface area (Å²) in [7, 11) is 0. The van der Waals surface area contributed by atoms with Crippen molar-refractivity contribution >= 4 is 34.7 Å². The molecule has 96 valence electrons. The molecule has 0 fully saturated rings. The molecule has 0 heterocycles. The van der Waals surface area contributed by atoms with Crippen LogP contribution in [-0.4, -0.2) is 23.3 Å². The van der Waals surface area contributed by atoms with E-state index in [1.54, 1.807) is 6.07 Å². The van der Waals surface area contributed by atoms with Crippen molar-refractivity contribution in [1.29, 1.82) is 0 Å². The monoisotopic (exact) mass is 265 g/mol. The highest BCUT2D eigenvalue weighted by Gasteiger charge is 2.14. The SMILES string of the molecule is Cc1cccc(NC(=O)C(=O)NCC(N)=S)c1C. The molecule has 0 atom stereocenters. The van der Waals surface area contributed by atoms with E-state index in [2.05, 4.69) is 22.9 Å². The topological polar surface area (TPSA) is 84.2 Å². The molecule has 0 bridgehead atoms. The fourth-order valence-electron chi connectivity index (χ4n) is 1.31. The van der Waals surface area contributed by atoms with Crippen molar-refractivity contribution in [2.24, 2.45) is 5.73 Å². The van der Waals surface area contributed by atoms with E-state index in [9.17, 15) is 9.59 Å². The molecule has 0 saturated heterocycles. The van der Waals surface area contributed by atoms with E-state index < -0.39 is 11.8 Å². The molecule has 0 aromatic heterocycles. The van der Waals surface area contributed by atoms with E-state index in [0.717, 1.165) is 11.1 Å². The van der Waals surface area contributed by atoms with Crippen LogP contribution < -0.4 is 16.4 Å². The number of hydrogen-bond donors (Lipinski definition) is 3. The van der Waals surface area contributed by atoms with Crippen LogP contribution in [0.5, 0.6) is 0 Å². The molecule has 0 aliphatic rings. The van der Waals surface area contributed by atoms with Crippen molar-refractivity contribution in [2.75, 3.05) is 11.9 Å². The van der Waals surface area contributed by atoms with Gasteiger partial charge in [-0.25, -0.2) is 0 Å². The van der Waals surface area contributed by atoms with Gasteiger partial charge in [0.1, 0.15) is 0 Å². The first-order chi connectivity index (χ1) is 8.41. The van der Waals surface area contributed by atoms with Crippen molar-refractivity contribution in [1.82, 2.24) is 5.32 Å². The highest BCUT2D eigenvalue weighted by molar-refractivity contribution is 7.80. The summed E-state index contributed by atoms with van der Waals surface area (Å²) in [4.78, 5) is 23.1. The van der Waals surface area contributed by atoms with Gasteiger partial charge in [-0.05, 0) is 31.0 Å². The van der Waals surface area contributed by atoms with E-state index in [-0.39, 0.29) is 11.5 Å². The Balaban J connectivity index is 2.67. The van der Waals surface area contributed by atoms with Gasteiger partial charge in [-0.2, -0.15) is 0 Å². The Morgan fingerprint density at radius 1 is 1.28 bits per heavy atom. The van der Waals surface area contributed by atoms with Crippen LogP contribution >= 0.6 is 12.2 Å². The lowest BCUT2D eigenvalue weighted by Gasteiger charge is -2.10. The zero-order valence-electron chi connectivity index (χ0n) is 10.2. The van der Waals surface area contributed by atoms with Gasteiger partial charge >= 0.3 is 11.8 Å². The minimum Gasteiger partial charge on any atom is -0.392 e. The van der Waals surface area contributed by atoms with Gasteiger partial charge in [0.15, 0.2) is 0 Å². The normalized spacial score (nSPS) is 9.67. The number of carbonyl (C=O) groups excluding carboxylic acids is 2. The molecule has 5 nitrogen and oxygen atoms in total. The fraction of sp³-hybridized carbons (Fsp3) is 0.250. The predicted octanol–water partition coefficient (Wildman–Crippen LogP) is 0.644. The van der Waals surface area contributed by atoms with Gasteiger partial charge in [-0.1, -0.05) is 24.4 Å². The van der Waals surface area contributed by atoms with Crippen LogP contribution in [0, 0.1) is 13.8 Å². The summed E-state index contributed by atoms with van der Waals surface area (Å²) >= 11 is 4.60. The Bertz CT molecular complexity index is 500. The third-order valence-electron chi connectivity index (χ3n) is 2.48. The maximum atomic E-state index is 11.6. The van der Waals surface area contributed by atoms with Crippen LogP contribution in [0.1, 0.15) is 11.1 Å². The molecular formula is C12H15N3O2S. The van der Waals surface area contributed by atoms with Gasteiger partial charge in [0.05, 0.1) is 11.5 Å². The number of aryl methyl sites for hydroxylation is 1. The largest absolute Gasteiger partial charge is 0.392 e. The number of nitrogens with one attached hydrogen (secondary N) is 2. The van der Waals surface area contributed by atoms with Crippen LogP contribution in [-0.2, 0) is 9.59 Å². The Kier molecular flexibility index (Phi) is 4.79. The fourth-order valence-corrected chi connectivity index (χ4v) is 1.39. The second-order valence-corrected chi connectivity index (χ2v) is 4.37. The molecule has 0 unspecified atom stereocenters. The number of anilines is 1. The van der Waals surface area contributed by atoms with Gasteiger partial charge in [-0.15, -0.1) is 0 Å².